The van der Waals surface area contributed by atoms with Crippen LogP contribution >= 0.6 is 15.2 Å². The van der Waals surface area contributed by atoms with Crippen molar-refractivity contribution in [2.24, 2.45) is 11.8 Å². The molecule has 0 aromatic rings. The van der Waals surface area contributed by atoms with Crippen LogP contribution < -0.4 is 0 Å². The average Bonchev–Trinajstić information content (AvgIpc) is 3.08. The first-order valence-corrected chi connectivity index (χ1v) is 13.7. The summed E-state index contributed by atoms with van der Waals surface area (Å²) in [5, 5.41) is 0. The van der Waals surface area contributed by atoms with Crippen LogP contribution in [0.2, 0.25) is 0 Å². The van der Waals surface area contributed by atoms with Crippen molar-refractivity contribution in [1.82, 2.24) is 0 Å². The van der Waals surface area contributed by atoms with Crippen LogP contribution in [0.3, 0.4) is 0 Å². The van der Waals surface area contributed by atoms with E-state index in [1.165, 1.54) is 0 Å². The first-order chi connectivity index (χ1) is 15.7. The summed E-state index contributed by atoms with van der Waals surface area (Å²) >= 11 is 0. The lowest BCUT2D eigenvalue weighted by molar-refractivity contribution is -0.153. The van der Waals surface area contributed by atoms with Crippen molar-refractivity contribution >= 4 is 27.1 Å². The molecule has 4 unspecified atom stereocenters. The Morgan fingerprint density at radius 3 is 1.27 bits per heavy atom. The standard InChI is InChI=1S/C19H36O12P2/c1-24-16(20)18(32(22,26-3)27-4)30-12-14-10-8-7-9-11-15(14)13-31-19(17(21)25-2)33(23,28-5)29-6/h14-15,18-19H,7-13H2,1-6H3. The van der Waals surface area contributed by atoms with Gasteiger partial charge in [0.15, 0.2) is 0 Å². The minimum atomic E-state index is -3.90. The molecule has 1 aliphatic carbocycles. The van der Waals surface area contributed by atoms with Gasteiger partial charge in [-0.25, -0.2) is 9.59 Å². The fourth-order valence-corrected chi connectivity index (χ4v) is 5.97. The molecule has 0 aromatic carbocycles. The van der Waals surface area contributed by atoms with Gasteiger partial charge in [0.25, 0.3) is 11.7 Å². The van der Waals surface area contributed by atoms with Crippen molar-refractivity contribution in [1.29, 1.82) is 0 Å². The predicted octanol–water partition coefficient (Wildman–Crippen LogP) is 3.19. The molecule has 194 valence electrons. The van der Waals surface area contributed by atoms with E-state index in [4.69, 9.17) is 37.0 Å². The maximum Gasteiger partial charge on any atom is 0.370 e. The zero-order valence-electron chi connectivity index (χ0n) is 20.1. The number of rotatable bonds is 14. The zero-order chi connectivity index (χ0) is 25.1. The minimum Gasteiger partial charge on any atom is -0.467 e. The van der Waals surface area contributed by atoms with Crippen molar-refractivity contribution in [2.75, 3.05) is 55.9 Å². The van der Waals surface area contributed by atoms with Crippen LogP contribution in [0.25, 0.3) is 0 Å². The van der Waals surface area contributed by atoms with Crippen molar-refractivity contribution in [3.05, 3.63) is 0 Å². The van der Waals surface area contributed by atoms with Gasteiger partial charge in [0.1, 0.15) is 0 Å². The Morgan fingerprint density at radius 2 is 1.00 bits per heavy atom. The number of methoxy groups -OCH3 is 2. The lowest BCUT2D eigenvalue weighted by Gasteiger charge is -2.30. The third-order valence-corrected chi connectivity index (χ3v) is 9.56. The third kappa shape index (κ3) is 8.11. The number of esters is 2. The lowest BCUT2D eigenvalue weighted by Crippen LogP contribution is -2.34. The Balaban J connectivity index is 3.00. The summed E-state index contributed by atoms with van der Waals surface area (Å²) in [6.45, 7) is 0.0826. The van der Waals surface area contributed by atoms with E-state index in [0.29, 0.717) is 0 Å². The molecule has 0 N–H and O–H groups in total. The van der Waals surface area contributed by atoms with Crippen LogP contribution in [0.15, 0.2) is 0 Å². The molecule has 0 amide bonds. The molecule has 0 bridgehead atoms. The van der Waals surface area contributed by atoms with E-state index in [-0.39, 0.29) is 25.0 Å². The van der Waals surface area contributed by atoms with Crippen molar-refractivity contribution in [3.63, 3.8) is 0 Å². The van der Waals surface area contributed by atoms with Crippen LogP contribution in [-0.2, 0) is 55.8 Å². The van der Waals surface area contributed by atoms with Gasteiger partial charge in [0.05, 0.1) is 27.4 Å². The van der Waals surface area contributed by atoms with Crippen molar-refractivity contribution < 1.29 is 55.8 Å². The van der Waals surface area contributed by atoms with Gasteiger partial charge in [0, 0.05) is 28.4 Å². The van der Waals surface area contributed by atoms with Crippen LogP contribution in [0, 0.1) is 11.8 Å². The molecule has 0 radical (unpaired) electrons. The molecule has 1 saturated carbocycles. The molecule has 0 spiro atoms. The average molecular weight is 518 g/mol. The smallest absolute Gasteiger partial charge is 0.370 e. The molecule has 1 rings (SSSR count). The van der Waals surface area contributed by atoms with Gasteiger partial charge in [-0.2, -0.15) is 0 Å². The van der Waals surface area contributed by atoms with E-state index in [2.05, 4.69) is 0 Å². The van der Waals surface area contributed by atoms with Gasteiger partial charge in [-0.15, -0.1) is 0 Å². The maximum atomic E-state index is 12.8. The molecule has 0 aliphatic heterocycles. The summed E-state index contributed by atoms with van der Waals surface area (Å²) in [6.07, 6.45) is 4.28. The van der Waals surface area contributed by atoms with Crippen molar-refractivity contribution in [3.8, 4) is 0 Å². The Labute approximate surface area is 194 Å². The molecule has 12 nitrogen and oxygen atoms in total. The second-order valence-corrected chi connectivity index (χ2v) is 11.9. The largest absolute Gasteiger partial charge is 0.467 e. The second kappa shape index (κ2) is 14.5. The van der Waals surface area contributed by atoms with Crippen LogP contribution in [0.5, 0.6) is 0 Å². The molecule has 33 heavy (non-hydrogen) atoms. The molecule has 1 fully saturated rings. The fraction of sp³-hybridized carbons (Fsp3) is 0.895. The van der Waals surface area contributed by atoms with Crippen molar-refractivity contribution in [2.45, 2.75) is 43.8 Å². The van der Waals surface area contributed by atoms with E-state index in [1.807, 2.05) is 0 Å². The third-order valence-electron chi connectivity index (χ3n) is 5.65. The highest BCUT2D eigenvalue weighted by atomic mass is 31.2. The molecule has 1 aliphatic rings. The lowest BCUT2D eigenvalue weighted by atomic mass is 9.89. The zero-order valence-corrected chi connectivity index (χ0v) is 21.8. The summed E-state index contributed by atoms with van der Waals surface area (Å²) < 4.78 is 66.0. The molecule has 4 atom stereocenters. The normalized spacial score (nSPS) is 21.6. The highest BCUT2D eigenvalue weighted by Crippen LogP contribution is 2.54. The van der Waals surface area contributed by atoms with E-state index < -0.39 is 38.8 Å². The first-order valence-electron chi connectivity index (χ1n) is 10.5. The first kappa shape index (κ1) is 30.2. The summed E-state index contributed by atoms with van der Waals surface area (Å²) in [6, 6.07) is 0. The number of carbonyl (C=O) groups excluding carboxylic acids is 2. The topological polar surface area (TPSA) is 142 Å². The van der Waals surface area contributed by atoms with Crippen LogP contribution in [0.1, 0.15) is 32.1 Å². The van der Waals surface area contributed by atoms with Gasteiger partial charge < -0.3 is 37.0 Å². The molecular weight excluding hydrogens is 482 g/mol. The second-order valence-electron chi connectivity index (χ2n) is 7.39. The van der Waals surface area contributed by atoms with Gasteiger partial charge in [-0.3, -0.25) is 9.13 Å². The number of ether oxygens (including phenoxy) is 4. The monoisotopic (exact) mass is 518 g/mol. The Hall–Kier alpha value is -0.840. The van der Waals surface area contributed by atoms with Gasteiger partial charge >= 0.3 is 27.1 Å². The van der Waals surface area contributed by atoms with Crippen LogP contribution in [-0.4, -0.2) is 79.5 Å². The van der Waals surface area contributed by atoms with Gasteiger partial charge in [-0.05, 0) is 24.7 Å². The highest BCUT2D eigenvalue weighted by Gasteiger charge is 2.44. The summed E-state index contributed by atoms with van der Waals surface area (Å²) in [7, 11) is -0.886. The molecule has 0 aromatic heterocycles. The Kier molecular flexibility index (Phi) is 13.3. The number of carbonyl (C=O) groups is 2. The predicted molar refractivity (Wildman–Crippen MR) is 117 cm³/mol. The van der Waals surface area contributed by atoms with E-state index in [9.17, 15) is 18.7 Å². The summed E-state index contributed by atoms with van der Waals surface area (Å²) in [5.41, 5.74) is 0. The van der Waals surface area contributed by atoms with E-state index in [0.717, 1.165) is 74.8 Å². The molecule has 0 saturated heterocycles. The maximum absolute atomic E-state index is 12.8. The quantitative estimate of drug-likeness (QED) is 0.189. The highest BCUT2D eigenvalue weighted by molar-refractivity contribution is 7.55. The van der Waals surface area contributed by atoms with E-state index in [1.54, 1.807) is 0 Å². The van der Waals surface area contributed by atoms with Gasteiger partial charge in [-0.1, -0.05) is 19.3 Å². The minimum absolute atomic E-state index is 0.0413. The SMILES string of the molecule is COC(=O)C(OCC1CCCCCC1COC(C(=O)OC)P(=O)(OC)OC)P(=O)(OC)OC. The van der Waals surface area contributed by atoms with E-state index >= 15 is 0 Å². The summed E-state index contributed by atoms with van der Waals surface area (Å²) in [5.74, 6) is -5.10. The molecule has 14 heteroatoms. The molecule has 0 heterocycles. The number of hydrogen-bond donors (Lipinski definition) is 0. The summed E-state index contributed by atoms with van der Waals surface area (Å²) in [4.78, 5) is 24.4. The fourth-order valence-electron chi connectivity index (χ4n) is 3.64. The molecular formula is C19H36O12P2. The Morgan fingerprint density at radius 1 is 0.667 bits per heavy atom. The Bertz CT molecular complexity index is 641. The van der Waals surface area contributed by atoms with Gasteiger partial charge in [0.2, 0.25) is 0 Å². The van der Waals surface area contributed by atoms with Crippen LogP contribution in [0.4, 0.5) is 0 Å². The number of hydrogen-bond acceptors (Lipinski definition) is 12.